The Labute approximate surface area is 142 Å². The second kappa shape index (κ2) is 9.21. The van der Waals surface area contributed by atoms with Crippen LogP contribution < -0.4 is 0 Å². The van der Waals surface area contributed by atoms with Crippen LogP contribution in [0.15, 0.2) is 11.6 Å². The summed E-state index contributed by atoms with van der Waals surface area (Å²) in [6.07, 6.45) is -4.86. The first kappa shape index (κ1) is 21.5. The van der Waals surface area contributed by atoms with E-state index < -0.39 is 49.0 Å². The summed E-state index contributed by atoms with van der Waals surface area (Å²) in [5.74, 6) is 0. The highest BCUT2D eigenvalue weighted by Gasteiger charge is 2.43. The number of ether oxygens (including phenoxy) is 2. The normalized spacial score (nSPS) is 33.5. The van der Waals surface area contributed by atoms with Crippen molar-refractivity contribution in [1.29, 1.82) is 0 Å². The van der Waals surface area contributed by atoms with Crippen molar-refractivity contribution in [3.63, 3.8) is 0 Å². The fourth-order valence-corrected chi connectivity index (χ4v) is 2.33. The van der Waals surface area contributed by atoms with Gasteiger partial charge < -0.3 is 40.1 Å². The van der Waals surface area contributed by atoms with Gasteiger partial charge >= 0.3 is 0 Å². The zero-order valence-corrected chi connectivity index (χ0v) is 14.4. The summed E-state index contributed by atoms with van der Waals surface area (Å²) >= 11 is 0. The maximum atomic E-state index is 10.0. The minimum Gasteiger partial charge on any atom is -0.394 e. The fourth-order valence-electron chi connectivity index (χ4n) is 2.33. The van der Waals surface area contributed by atoms with Crippen LogP contribution in [0.4, 0.5) is 0 Å². The van der Waals surface area contributed by atoms with Crippen LogP contribution in [0.1, 0.15) is 33.6 Å². The van der Waals surface area contributed by atoms with Crippen LogP contribution in [-0.2, 0) is 9.47 Å². The van der Waals surface area contributed by atoms with E-state index in [1.54, 1.807) is 26.8 Å². The topological polar surface area (TPSA) is 140 Å². The Morgan fingerprint density at radius 2 is 1.83 bits per heavy atom. The molecule has 1 fully saturated rings. The van der Waals surface area contributed by atoms with Crippen molar-refractivity contribution >= 4 is 0 Å². The molecule has 24 heavy (non-hydrogen) atoms. The van der Waals surface area contributed by atoms with E-state index in [9.17, 15) is 25.5 Å². The summed E-state index contributed by atoms with van der Waals surface area (Å²) in [7, 11) is 0. The molecule has 1 rings (SSSR count). The summed E-state index contributed by atoms with van der Waals surface area (Å²) in [4.78, 5) is 0. The summed E-state index contributed by atoms with van der Waals surface area (Å²) in [6, 6.07) is 0. The van der Waals surface area contributed by atoms with Gasteiger partial charge in [0, 0.05) is 0 Å². The summed E-state index contributed by atoms with van der Waals surface area (Å²) in [5, 5.41) is 57.9. The molecule has 6 atom stereocenters. The second-order valence-electron chi connectivity index (χ2n) is 6.85. The molecule has 8 nitrogen and oxygen atoms in total. The van der Waals surface area contributed by atoms with Crippen molar-refractivity contribution in [1.82, 2.24) is 0 Å². The lowest BCUT2D eigenvalue weighted by molar-refractivity contribution is -0.298. The first-order chi connectivity index (χ1) is 11.1. The lowest BCUT2D eigenvalue weighted by Crippen LogP contribution is -2.59. The second-order valence-corrected chi connectivity index (χ2v) is 6.85. The van der Waals surface area contributed by atoms with Gasteiger partial charge in [0.25, 0.3) is 0 Å². The van der Waals surface area contributed by atoms with Gasteiger partial charge in [-0.2, -0.15) is 0 Å². The van der Waals surface area contributed by atoms with Crippen LogP contribution in [0.2, 0.25) is 0 Å². The van der Waals surface area contributed by atoms with Crippen molar-refractivity contribution in [2.75, 3.05) is 13.2 Å². The summed E-state index contributed by atoms with van der Waals surface area (Å²) < 4.78 is 10.5. The van der Waals surface area contributed by atoms with Gasteiger partial charge in [-0.25, -0.2) is 0 Å². The van der Waals surface area contributed by atoms with Gasteiger partial charge in [0.1, 0.15) is 24.4 Å². The van der Waals surface area contributed by atoms with Crippen molar-refractivity contribution in [3.8, 4) is 0 Å². The third-order valence-electron chi connectivity index (χ3n) is 4.07. The van der Waals surface area contributed by atoms with Crippen molar-refractivity contribution < 1.29 is 40.1 Å². The maximum absolute atomic E-state index is 10.0. The van der Waals surface area contributed by atoms with Gasteiger partial charge in [-0.3, -0.25) is 0 Å². The first-order valence-electron chi connectivity index (χ1n) is 8.06. The monoisotopic (exact) mass is 350 g/mol. The highest BCUT2D eigenvalue weighted by atomic mass is 16.7. The van der Waals surface area contributed by atoms with Gasteiger partial charge in [-0.1, -0.05) is 6.08 Å². The largest absolute Gasteiger partial charge is 0.394 e. The predicted octanol–water partition coefficient (Wildman–Crippen LogP) is -1.34. The Bertz CT molecular complexity index is 403. The number of hydrogen-bond acceptors (Lipinski definition) is 8. The molecule has 8 heteroatoms. The molecule has 1 heterocycles. The number of hydrogen-bond donors (Lipinski definition) is 6. The highest BCUT2D eigenvalue weighted by molar-refractivity contribution is 5.05. The summed E-state index contributed by atoms with van der Waals surface area (Å²) in [6.45, 7) is 4.54. The third kappa shape index (κ3) is 6.38. The quantitative estimate of drug-likeness (QED) is 0.296. The Kier molecular flexibility index (Phi) is 8.24. The molecule has 0 unspecified atom stereocenters. The Balaban J connectivity index is 2.49. The van der Waals surface area contributed by atoms with E-state index >= 15 is 0 Å². The SMILES string of the molecule is C/C(=C\CO[C@@H]1O[C@H](CO)[C@@H](O)[C@H](O)[C@H]1O)[C@H](O)CCC(C)(C)O. The average molecular weight is 350 g/mol. The van der Waals surface area contributed by atoms with E-state index in [0.29, 0.717) is 18.4 Å². The van der Waals surface area contributed by atoms with Crippen molar-refractivity contribution in [3.05, 3.63) is 11.6 Å². The van der Waals surface area contributed by atoms with Crippen LogP contribution in [0.25, 0.3) is 0 Å². The van der Waals surface area contributed by atoms with Crippen LogP contribution in [-0.4, -0.2) is 86.3 Å². The predicted molar refractivity (Wildman–Crippen MR) is 85.0 cm³/mol. The molecule has 0 aromatic rings. The van der Waals surface area contributed by atoms with Gasteiger partial charge in [0.15, 0.2) is 6.29 Å². The van der Waals surface area contributed by atoms with Crippen molar-refractivity contribution in [2.24, 2.45) is 0 Å². The van der Waals surface area contributed by atoms with Gasteiger partial charge in [0.05, 0.1) is 24.9 Å². The van der Waals surface area contributed by atoms with E-state index in [1.807, 2.05) is 0 Å². The molecule has 0 amide bonds. The molecular formula is C16H30O8. The third-order valence-corrected chi connectivity index (χ3v) is 4.07. The molecule has 1 aliphatic heterocycles. The molecule has 0 spiro atoms. The van der Waals surface area contributed by atoms with Crippen LogP contribution >= 0.6 is 0 Å². The van der Waals surface area contributed by atoms with E-state index in [-0.39, 0.29) is 6.61 Å². The molecule has 142 valence electrons. The molecular weight excluding hydrogens is 320 g/mol. The van der Waals surface area contributed by atoms with Crippen LogP contribution in [0.5, 0.6) is 0 Å². The van der Waals surface area contributed by atoms with Crippen LogP contribution in [0, 0.1) is 0 Å². The van der Waals surface area contributed by atoms with Gasteiger partial charge in [-0.15, -0.1) is 0 Å². The van der Waals surface area contributed by atoms with Gasteiger partial charge in [-0.05, 0) is 39.2 Å². The van der Waals surface area contributed by atoms with Crippen molar-refractivity contribution in [2.45, 2.75) is 76.0 Å². The maximum Gasteiger partial charge on any atom is 0.187 e. The van der Waals surface area contributed by atoms with Crippen LogP contribution in [0.3, 0.4) is 0 Å². The lowest BCUT2D eigenvalue weighted by atomic mass is 9.97. The molecule has 0 aromatic heterocycles. The van der Waals surface area contributed by atoms with E-state index in [0.717, 1.165) is 0 Å². The number of rotatable bonds is 8. The molecule has 0 aliphatic carbocycles. The minimum atomic E-state index is -1.48. The number of aliphatic hydroxyl groups excluding tert-OH is 5. The highest BCUT2D eigenvalue weighted by Crippen LogP contribution is 2.22. The first-order valence-corrected chi connectivity index (χ1v) is 8.06. The molecule has 0 saturated carbocycles. The minimum absolute atomic E-state index is 0.00804. The number of aliphatic hydroxyl groups is 6. The van der Waals surface area contributed by atoms with Gasteiger partial charge in [0.2, 0.25) is 0 Å². The van der Waals surface area contributed by atoms with E-state index in [1.165, 1.54) is 0 Å². The van der Waals surface area contributed by atoms with E-state index in [4.69, 9.17) is 14.6 Å². The smallest absolute Gasteiger partial charge is 0.187 e. The molecule has 1 aliphatic rings. The fraction of sp³-hybridized carbons (Fsp3) is 0.875. The molecule has 6 N–H and O–H groups in total. The Morgan fingerprint density at radius 1 is 1.21 bits per heavy atom. The zero-order chi connectivity index (χ0) is 18.5. The molecule has 0 aromatic carbocycles. The Morgan fingerprint density at radius 3 is 2.38 bits per heavy atom. The standard InChI is InChI=1S/C16H30O8/c1-9(10(18)4-6-16(2,3)22)5-7-23-15-14(21)13(20)12(19)11(8-17)24-15/h5,10-15,17-22H,4,6-8H2,1-3H3/b9-5+/t10-,11-,12-,13+,14-,15-/m1/s1. The molecule has 0 bridgehead atoms. The Hall–Kier alpha value is -0.580. The zero-order valence-electron chi connectivity index (χ0n) is 14.4. The lowest BCUT2D eigenvalue weighted by Gasteiger charge is -2.39. The summed E-state index contributed by atoms with van der Waals surface area (Å²) in [5.41, 5.74) is -0.211. The molecule has 1 saturated heterocycles. The average Bonchev–Trinajstić information content (AvgIpc) is 2.51. The van der Waals surface area contributed by atoms with E-state index in [2.05, 4.69) is 0 Å². The molecule has 0 radical (unpaired) electrons.